The molecule has 3 nitrogen and oxygen atoms in total. The summed E-state index contributed by atoms with van der Waals surface area (Å²) in [6, 6.07) is 6.51. The normalized spacial score (nSPS) is 21.3. The number of nitrogen functional groups attached to an aromatic ring is 1. The first-order valence-electron chi connectivity index (χ1n) is 6.85. The molecule has 0 radical (unpaired) electrons. The van der Waals surface area contributed by atoms with Crippen molar-refractivity contribution in [1.29, 1.82) is 0 Å². The topological polar surface area (TPSA) is 32.5 Å². The number of fused-ring (bicyclic) bond motifs is 2. The first-order valence-corrected chi connectivity index (χ1v) is 6.85. The van der Waals surface area contributed by atoms with Gasteiger partial charge in [0, 0.05) is 37.3 Å². The second-order valence-corrected chi connectivity index (χ2v) is 6.21. The summed E-state index contributed by atoms with van der Waals surface area (Å²) in [7, 11) is 4.28. The molecule has 3 heteroatoms. The van der Waals surface area contributed by atoms with Crippen molar-refractivity contribution in [1.82, 2.24) is 9.80 Å². The van der Waals surface area contributed by atoms with Gasteiger partial charge in [-0.15, -0.1) is 0 Å². The lowest BCUT2D eigenvalue weighted by atomic mass is 9.86. The molecule has 1 aromatic carbocycles. The first-order chi connectivity index (χ1) is 8.59. The Labute approximate surface area is 110 Å². The molecule has 1 aromatic rings. The second kappa shape index (κ2) is 4.25. The van der Waals surface area contributed by atoms with Gasteiger partial charge in [0.1, 0.15) is 0 Å². The first kappa shape index (κ1) is 12.0. The fourth-order valence-electron chi connectivity index (χ4n) is 3.15. The van der Waals surface area contributed by atoms with E-state index in [4.69, 9.17) is 5.73 Å². The van der Waals surface area contributed by atoms with Crippen molar-refractivity contribution in [3.05, 3.63) is 29.3 Å². The van der Waals surface area contributed by atoms with Crippen LogP contribution in [0.2, 0.25) is 0 Å². The van der Waals surface area contributed by atoms with Crippen LogP contribution in [0, 0.1) is 0 Å². The van der Waals surface area contributed by atoms with Gasteiger partial charge in [-0.05, 0) is 50.2 Å². The molecular weight excluding hydrogens is 222 g/mol. The van der Waals surface area contributed by atoms with Crippen LogP contribution < -0.4 is 5.73 Å². The van der Waals surface area contributed by atoms with Gasteiger partial charge >= 0.3 is 0 Å². The molecule has 0 amide bonds. The van der Waals surface area contributed by atoms with E-state index < -0.39 is 0 Å². The summed E-state index contributed by atoms with van der Waals surface area (Å²) in [6.45, 7) is 4.59. The molecule has 0 saturated heterocycles. The number of hydrogen-bond donors (Lipinski definition) is 1. The van der Waals surface area contributed by atoms with Crippen molar-refractivity contribution in [2.24, 2.45) is 0 Å². The van der Waals surface area contributed by atoms with Crippen LogP contribution in [0.25, 0.3) is 0 Å². The number of anilines is 1. The SMILES string of the molecule is CN(C)CCN1Cc2cc(N)ccc2C2(CC2)C1. The monoisotopic (exact) mass is 245 g/mol. The molecule has 1 saturated carbocycles. The van der Waals surface area contributed by atoms with Gasteiger partial charge in [0.15, 0.2) is 0 Å². The average molecular weight is 245 g/mol. The molecule has 3 rings (SSSR count). The van der Waals surface area contributed by atoms with Gasteiger partial charge in [0.25, 0.3) is 0 Å². The molecule has 1 fully saturated rings. The zero-order valence-corrected chi connectivity index (χ0v) is 11.4. The van der Waals surface area contributed by atoms with Crippen LogP contribution in [0.1, 0.15) is 24.0 Å². The van der Waals surface area contributed by atoms with Crippen LogP contribution in [-0.4, -0.2) is 43.5 Å². The molecule has 1 aliphatic heterocycles. The highest BCUT2D eigenvalue weighted by molar-refractivity contribution is 5.50. The Morgan fingerprint density at radius 1 is 1.33 bits per heavy atom. The average Bonchev–Trinajstić information content (AvgIpc) is 3.06. The lowest BCUT2D eigenvalue weighted by molar-refractivity contribution is 0.200. The van der Waals surface area contributed by atoms with E-state index in [1.54, 1.807) is 5.56 Å². The van der Waals surface area contributed by atoms with Crippen molar-refractivity contribution in [3.63, 3.8) is 0 Å². The molecule has 1 heterocycles. The minimum atomic E-state index is 0.466. The van der Waals surface area contributed by atoms with Crippen molar-refractivity contribution < 1.29 is 0 Å². The number of rotatable bonds is 3. The molecule has 0 unspecified atom stereocenters. The van der Waals surface area contributed by atoms with Gasteiger partial charge in [-0.2, -0.15) is 0 Å². The van der Waals surface area contributed by atoms with Crippen LogP contribution in [0.15, 0.2) is 18.2 Å². The Kier molecular flexibility index (Phi) is 2.83. The van der Waals surface area contributed by atoms with Crippen LogP contribution in [-0.2, 0) is 12.0 Å². The fourth-order valence-corrected chi connectivity index (χ4v) is 3.15. The van der Waals surface area contributed by atoms with Gasteiger partial charge in [-0.25, -0.2) is 0 Å². The third-order valence-corrected chi connectivity index (χ3v) is 4.34. The summed E-state index contributed by atoms with van der Waals surface area (Å²) in [4.78, 5) is 4.85. The van der Waals surface area contributed by atoms with Crippen molar-refractivity contribution in [2.45, 2.75) is 24.8 Å². The summed E-state index contributed by atoms with van der Waals surface area (Å²) < 4.78 is 0. The zero-order chi connectivity index (χ0) is 12.8. The van der Waals surface area contributed by atoms with Gasteiger partial charge in [-0.1, -0.05) is 6.07 Å². The standard InChI is InChI=1S/C15H23N3/c1-17(2)7-8-18-10-12-9-13(16)3-4-14(12)15(11-18)5-6-15/h3-4,9H,5-8,10-11,16H2,1-2H3. The Morgan fingerprint density at radius 2 is 2.11 bits per heavy atom. The summed E-state index contributed by atoms with van der Waals surface area (Å²) in [5.41, 5.74) is 10.3. The number of likely N-dealkylation sites (N-methyl/N-ethyl adjacent to an activating group) is 1. The van der Waals surface area contributed by atoms with Crippen LogP contribution in [0.4, 0.5) is 5.69 Å². The Hall–Kier alpha value is -1.06. The van der Waals surface area contributed by atoms with Crippen LogP contribution in [0.3, 0.4) is 0 Å². The van der Waals surface area contributed by atoms with E-state index in [0.29, 0.717) is 5.41 Å². The molecule has 1 aliphatic carbocycles. The summed E-state index contributed by atoms with van der Waals surface area (Å²) in [5.74, 6) is 0. The van der Waals surface area contributed by atoms with E-state index in [9.17, 15) is 0 Å². The number of nitrogens with zero attached hydrogens (tertiary/aromatic N) is 2. The third-order valence-electron chi connectivity index (χ3n) is 4.34. The molecule has 18 heavy (non-hydrogen) atoms. The summed E-state index contributed by atoms with van der Waals surface area (Å²) in [5, 5.41) is 0. The highest BCUT2D eigenvalue weighted by atomic mass is 15.2. The van der Waals surface area contributed by atoms with Crippen molar-refractivity contribution in [2.75, 3.05) is 39.5 Å². The highest BCUT2D eigenvalue weighted by Gasteiger charge is 2.48. The lowest BCUT2D eigenvalue weighted by Crippen LogP contribution is -2.41. The maximum Gasteiger partial charge on any atom is 0.0317 e. The minimum absolute atomic E-state index is 0.466. The van der Waals surface area contributed by atoms with E-state index >= 15 is 0 Å². The fraction of sp³-hybridized carbons (Fsp3) is 0.600. The second-order valence-electron chi connectivity index (χ2n) is 6.21. The van der Waals surface area contributed by atoms with E-state index in [2.05, 4.69) is 42.1 Å². The van der Waals surface area contributed by atoms with Gasteiger partial charge in [0.2, 0.25) is 0 Å². The minimum Gasteiger partial charge on any atom is -0.399 e. The smallest absolute Gasteiger partial charge is 0.0317 e. The third kappa shape index (κ3) is 2.13. The predicted octanol–water partition coefficient (Wildman–Crippen LogP) is 1.68. The van der Waals surface area contributed by atoms with Gasteiger partial charge in [-0.3, -0.25) is 4.90 Å². The lowest BCUT2D eigenvalue weighted by Gasteiger charge is -2.35. The Morgan fingerprint density at radius 3 is 2.78 bits per heavy atom. The quantitative estimate of drug-likeness (QED) is 0.822. The summed E-state index contributed by atoms with van der Waals surface area (Å²) >= 11 is 0. The summed E-state index contributed by atoms with van der Waals surface area (Å²) in [6.07, 6.45) is 2.70. The maximum atomic E-state index is 5.93. The Balaban J connectivity index is 1.81. The van der Waals surface area contributed by atoms with Crippen molar-refractivity contribution in [3.8, 4) is 0 Å². The predicted molar refractivity (Wildman–Crippen MR) is 75.6 cm³/mol. The van der Waals surface area contributed by atoms with Crippen LogP contribution >= 0.6 is 0 Å². The maximum absolute atomic E-state index is 5.93. The number of hydrogen-bond acceptors (Lipinski definition) is 3. The van der Waals surface area contributed by atoms with E-state index in [0.717, 1.165) is 25.3 Å². The van der Waals surface area contributed by atoms with E-state index in [-0.39, 0.29) is 0 Å². The highest BCUT2D eigenvalue weighted by Crippen LogP contribution is 2.52. The zero-order valence-electron chi connectivity index (χ0n) is 11.4. The number of benzene rings is 1. The molecule has 0 atom stereocenters. The molecule has 0 bridgehead atoms. The van der Waals surface area contributed by atoms with Crippen molar-refractivity contribution >= 4 is 5.69 Å². The largest absolute Gasteiger partial charge is 0.399 e. The van der Waals surface area contributed by atoms with Gasteiger partial charge < -0.3 is 10.6 Å². The molecule has 2 N–H and O–H groups in total. The number of nitrogens with two attached hydrogens (primary N) is 1. The van der Waals surface area contributed by atoms with E-state index in [1.165, 1.54) is 24.9 Å². The molecular formula is C15H23N3. The van der Waals surface area contributed by atoms with Crippen LogP contribution in [0.5, 0.6) is 0 Å². The molecule has 0 aromatic heterocycles. The molecule has 2 aliphatic rings. The molecule has 98 valence electrons. The van der Waals surface area contributed by atoms with E-state index in [1.807, 2.05) is 0 Å². The molecule has 1 spiro atoms. The Bertz CT molecular complexity index is 449. The van der Waals surface area contributed by atoms with Gasteiger partial charge in [0.05, 0.1) is 0 Å².